The Morgan fingerprint density at radius 3 is 2.58 bits per heavy atom. The van der Waals surface area contributed by atoms with E-state index in [1.807, 2.05) is 0 Å². The molecule has 2 rings (SSSR count). The van der Waals surface area contributed by atoms with Gasteiger partial charge in [0.05, 0.1) is 18.8 Å². The van der Waals surface area contributed by atoms with Crippen LogP contribution in [0.5, 0.6) is 0 Å². The fraction of sp³-hybridized carbons (Fsp3) is 0.273. The van der Waals surface area contributed by atoms with Crippen LogP contribution in [0.1, 0.15) is 5.69 Å². The summed E-state index contributed by atoms with van der Waals surface area (Å²) in [7, 11) is 0. The fourth-order valence-electron chi connectivity index (χ4n) is 1.74. The molecular formula is C11H11F3N4O. The Hall–Kier alpha value is -1.93. The van der Waals surface area contributed by atoms with Gasteiger partial charge in [0, 0.05) is 12.1 Å². The monoisotopic (exact) mass is 272 g/mol. The van der Waals surface area contributed by atoms with Crippen molar-refractivity contribution in [3.8, 4) is 11.3 Å². The SMILES string of the molecule is NCc1nnn(CCO)c1-c1ccc(F)c(F)c1F. The Bertz CT molecular complexity index is 600. The third-order valence-corrected chi connectivity index (χ3v) is 2.60. The van der Waals surface area contributed by atoms with Gasteiger partial charge in [-0.25, -0.2) is 17.9 Å². The number of nitrogens with zero attached hydrogens (tertiary/aromatic N) is 3. The topological polar surface area (TPSA) is 77.0 Å². The lowest BCUT2D eigenvalue weighted by Gasteiger charge is -2.08. The summed E-state index contributed by atoms with van der Waals surface area (Å²) in [5.41, 5.74) is 5.62. The lowest BCUT2D eigenvalue weighted by atomic mass is 10.1. The van der Waals surface area contributed by atoms with Gasteiger partial charge in [-0.2, -0.15) is 0 Å². The Labute approximate surface area is 106 Å². The third kappa shape index (κ3) is 2.32. The Kier molecular flexibility index (Phi) is 3.82. The van der Waals surface area contributed by atoms with Crippen molar-refractivity contribution >= 4 is 0 Å². The van der Waals surface area contributed by atoms with Gasteiger partial charge < -0.3 is 10.8 Å². The standard InChI is InChI=1S/C11H11F3N4O/c12-7-2-1-6(9(13)10(7)14)11-8(5-15)16-17-18(11)3-4-19/h1-2,19H,3-5,15H2. The molecule has 0 bridgehead atoms. The van der Waals surface area contributed by atoms with Gasteiger partial charge >= 0.3 is 0 Å². The van der Waals surface area contributed by atoms with Crippen LogP contribution < -0.4 is 5.73 Å². The van der Waals surface area contributed by atoms with Gasteiger partial charge in [0.1, 0.15) is 5.69 Å². The van der Waals surface area contributed by atoms with Gasteiger partial charge in [-0.15, -0.1) is 5.10 Å². The molecule has 1 aromatic carbocycles. The molecule has 0 unspecified atom stereocenters. The Morgan fingerprint density at radius 2 is 1.95 bits per heavy atom. The van der Waals surface area contributed by atoms with E-state index in [1.54, 1.807) is 0 Å². The summed E-state index contributed by atoms with van der Waals surface area (Å²) in [5.74, 6) is -4.19. The van der Waals surface area contributed by atoms with Crippen LogP contribution in [0.4, 0.5) is 13.2 Å². The highest BCUT2D eigenvalue weighted by atomic mass is 19.2. The minimum atomic E-state index is -1.57. The molecule has 0 spiro atoms. The summed E-state index contributed by atoms with van der Waals surface area (Å²) in [6.07, 6.45) is 0. The maximum absolute atomic E-state index is 13.8. The second-order valence-corrected chi connectivity index (χ2v) is 3.76. The van der Waals surface area contributed by atoms with Crippen molar-refractivity contribution in [3.63, 3.8) is 0 Å². The highest BCUT2D eigenvalue weighted by molar-refractivity contribution is 5.62. The normalized spacial score (nSPS) is 11.0. The summed E-state index contributed by atoms with van der Waals surface area (Å²) in [6.45, 7) is -0.258. The number of aromatic nitrogens is 3. The molecule has 0 aliphatic carbocycles. The van der Waals surface area contributed by atoms with Crippen LogP contribution in [0.2, 0.25) is 0 Å². The molecule has 8 heteroatoms. The van der Waals surface area contributed by atoms with Crippen LogP contribution in [-0.2, 0) is 13.1 Å². The van der Waals surface area contributed by atoms with Crippen molar-refractivity contribution in [1.82, 2.24) is 15.0 Å². The number of hydrogen-bond acceptors (Lipinski definition) is 4. The predicted octanol–water partition coefficient (Wildman–Crippen LogP) is 0.813. The zero-order valence-electron chi connectivity index (χ0n) is 9.78. The molecule has 2 aromatic rings. The van der Waals surface area contributed by atoms with Gasteiger partial charge in [0.2, 0.25) is 0 Å². The molecule has 0 saturated heterocycles. The number of rotatable bonds is 4. The number of aliphatic hydroxyl groups is 1. The fourth-order valence-corrected chi connectivity index (χ4v) is 1.74. The molecule has 0 aliphatic heterocycles. The van der Waals surface area contributed by atoms with Gasteiger partial charge in [-0.1, -0.05) is 5.21 Å². The molecular weight excluding hydrogens is 261 g/mol. The lowest BCUT2D eigenvalue weighted by molar-refractivity contribution is 0.268. The molecule has 0 fully saturated rings. The van der Waals surface area contributed by atoms with Gasteiger partial charge in [0.15, 0.2) is 17.5 Å². The maximum atomic E-state index is 13.8. The Morgan fingerprint density at radius 1 is 1.21 bits per heavy atom. The van der Waals surface area contributed by atoms with Gasteiger partial charge in [-0.05, 0) is 12.1 Å². The third-order valence-electron chi connectivity index (χ3n) is 2.60. The summed E-state index contributed by atoms with van der Waals surface area (Å²) in [4.78, 5) is 0. The van der Waals surface area contributed by atoms with Crippen molar-refractivity contribution in [2.24, 2.45) is 5.73 Å². The van der Waals surface area contributed by atoms with E-state index in [1.165, 1.54) is 4.68 Å². The highest BCUT2D eigenvalue weighted by Crippen LogP contribution is 2.27. The van der Waals surface area contributed by atoms with Crippen LogP contribution in [0.25, 0.3) is 11.3 Å². The average Bonchev–Trinajstić information content (AvgIpc) is 2.80. The molecule has 5 nitrogen and oxygen atoms in total. The zero-order valence-corrected chi connectivity index (χ0v) is 9.78. The number of hydrogen-bond donors (Lipinski definition) is 2. The first-order valence-electron chi connectivity index (χ1n) is 5.47. The van der Waals surface area contributed by atoms with E-state index in [4.69, 9.17) is 10.8 Å². The minimum Gasteiger partial charge on any atom is -0.394 e. The number of halogens is 3. The summed E-state index contributed by atoms with van der Waals surface area (Å²) >= 11 is 0. The first kappa shape index (κ1) is 13.5. The van der Waals surface area contributed by atoms with E-state index in [9.17, 15) is 13.2 Å². The minimum absolute atomic E-state index is 0.0424. The molecule has 0 radical (unpaired) electrons. The predicted molar refractivity (Wildman–Crippen MR) is 60.3 cm³/mol. The van der Waals surface area contributed by atoms with Crippen LogP contribution in [-0.4, -0.2) is 26.7 Å². The van der Waals surface area contributed by atoms with Crippen molar-refractivity contribution in [3.05, 3.63) is 35.3 Å². The lowest BCUT2D eigenvalue weighted by Crippen LogP contribution is -2.09. The summed E-state index contributed by atoms with van der Waals surface area (Å²) < 4.78 is 41.1. The number of nitrogens with two attached hydrogens (primary N) is 1. The van der Waals surface area contributed by atoms with Crippen molar-refractivity contribution in [1.29, 1.82) is 0 Å². The van der Waals surface area contributed by atoms with E-state index in [0.717, 1.165) is 12.1 Å². The smallest absolute Gasteiger partial charge is 0.195 e. The first-order valence-corrected chi connectivity index (χ1v) is 5.47. The second kappa shape index (κ2) is 5.37. The highest BCUT2D eigenvalue weighted by Gasteiger charge is 2.21. The number of benzene rings is 1. The van der Waals surface area contributed by atoms with Crippen LogP contribution >= 0.6 is 0 Å². The van der Waals surface area contributed by atoms with E-state index >= 15 is 0 Å². The van der Waals surface area contributed by atoms with Gasteiger partial charge in [0.25, 0.3) is 0 Å². The molecule has 0 atom stereocenters. The number of aliphatic hydroxyl groups excluding tert-OH is 1. The largest absolute Gasteiger partial charge is 0.394 e. The van der Waals surface area contributed by atoms with E-state index in [2.05, 4.69) is 10.3 Å². The van der Waals surface area contributed by atoms with Crippen LogP contribution in [0, 0.1) is 17.5 Å². The van der Waals surface area contributed by atoms with Crippen LogP contribution in [0.15, 0.2) is 12.1 Å². The van der Waals surface area contributed by atoms with E-state index < -0.39 is 17.5 Å². The zero-order chi connectivity index (χ0) is 14.0. The maximum Gasteiger partial charge on any atom is 0.195 e. The van der Waals surface area contributed by atoms with Crippen molar-refractivity contribution in [2.75, 3.05) is 6.61 Å². The summed E-state index contributed by atoms with van der Waals surface area (Å²) in [6, 6.07) is 1.89. The van der Waals surface area contributed by atoms with Gasteiger partial charge in [-0.3, -0.25) is 0 Å². The quantitative estimate of drug-likeness (QED) is 0.808. The average molecular weight is 272 g/mol. The van der Waals surface area contributed by atoms with Crippen molar-refractivity contribution < 1.29 is 18.3 Å². The molecule has 3 N–H and O–H groups in total. The summed E-state index contributed by atoms with van der Waals surface area (Å²) in [5, 5.41) is 16.3. The molecule has 102 valence electrons. The van der Waals surface area contributed by atoms with Crippen molar-refractivity contribution in [2.45, 2.75) is 13.1 Å². The first-order chi connectivity index (χ1) is 9.10. The molecule has 19 heavy (non-hydrogen) atoms. The molecule has 0 amide bonds. The van der Waals surface area contributed by atoms with E-state index in [0.29, 0.717) is 0 Å². The molecule has 0 aliphatic rings. The molecule has 1 heterocycles. The van der Waals surface area contributed by atoms with E-state index in [-0.39, 0.29) is 36.6 Å². The second-order valence-electron chi connectivity index (χ2n) is 3.76. The molecule has 1 aromatic heterocycles. The molecule has 0 saturated carbocycles. The Balaban J connectivity index is 2.63. The van der Waals surface area contributed by atoms with Crippen LogP contribution in [0.3, 0.4) is 0 Å².